The lowest BCUT2D eigenvalue weighted by Crippen LogP contribution is -2.23. The fraction of sp³-hybridized carbons (Fsp3) is 0.440. The standard InChI is InChI=1S/C25H33NO4/c1-6-18-9-8-10-19(7-2)24(18)26-22(27)17-30-23(28)15-16-29-21-13-11-20(12-14-21)25(3,4)5/h8-14H,6-7,15-17H2,1-5H3,(H,26,27). The van der Waals surface area contributed by atoms with Gasteiger partial charge < -0.3 is 14.8 Å². The van der Waals surface area contributed by atoms with Gasteiger partial charge in [0.2, 0.25) is 0 Å². The van der Waals surface area contributed by atoms with Crippen molar-refractivity contribution in [2.45, 2.75) is 59.3 Å². The summed E-state index contributed by atoms with van der Waals surface area (Å²) >= 11 is 0. The van der Waals surface area contributed by atoms with Gasteiger partial charge in [-0.1, -0.05) is 65.0 Å². The van der Waals surface area contributed by atoms with Crippen LogP contribution in [0.1, 0.15) is 57.7 Å². The molecule has 0 spiro atoms. The number of aryl methyl sites for hydroxylation is 2. The van der Waals surface area contributed by atoms with Crippen molar-refractivity contribution in [2.75, 3.05) is 18.5 Å². The minimum Gasteiger partial charge on any atom is -0.493 e. The first kappa shape index (κ1) is 23.5. The van der Waals surface area contributed by atoms with E-state index in [4.69, 9.17) is 9.47 Å². The number of para-hydroxylation sites is 1. The monoisotopic (exact) mass is 411 g/mol. The average molecular weight is 412 g/mol. The molecular formula is C25H33NO4. The number of hydrogen-bond acceptors (Lipinski definition) is 4. The molecule has 2 aromatic carbocycles. The first-order valence-electron chi connectivity index (χ1n) is 10.5. The molecule has 0 atom stereocenters. The van der Waals surface area contributed by atoms with Gasteiger partial charge in [0, 0.05) is 5.69 Å². The van der Waals surface area contributed by atoms with Gasteiger partial charge in [0.25, 0.3) is 5.91 Å². The second-order valence-electron chi connectivity index (χ2n) is 8.24. The summed E-state index contributed by atoms with van der Waals surface area (Å²) < 4.78 is 10.7. The van der Waals surface area contributed by atoms with Crippen LogP contribution in [0.5, 0.6) is 5.75 Å². The maximum Gasteiger partial charge on any atom is 0.309 e. The van der Waals surface area contributed by atoms with Crippen LogP contribution in [0.3, 0.4) is 0 Å². The van der Waals surface area contributed by atoms with E-state index >= 15 is 0 Å². The van der Waals surface area contributed by atoms with Gasteiger partial charge in [-0.15, -0.1) is 0 Å². The molecule has 162 valence electrons. The summed E-state index contributed by atoms with van der Waals surface area (Å²) in [6, 6.07) is 13.8. The Labute approximate surface area is 179 Å². The van der Waals surface area contributed by atoms with Crippen molar-refractivity contribution in [3.05, 3.63) is 59.2 Å². The lowest BCUT2D eigenvalue weighted by molar-refractivity contribution is -0.147. The third-order valence-corrected chi connectivity index (χ3v) is 4.92. The third kappa shape index (κ3) is 6.90. The highest BCUT2D eigenvalue weighted by atomic mass is 16.5. The summed E-state index contributed by atoms with van der Waals surface area (Å²) in [6.45, 7) is 10.4. The molecule has 5 heteroatoms. The van der Waals surface area contributed by atoms with Crippen LogP contribution in [0.15, 0.2) is 42.5 Å². The van der Waals surface area contributed by atoms with Gasteiger partial charge in [0.15, 0.2) is 6.61 Å². The first-order chi connectivity index (χ1) is 14.2. The van der Waals surface area contributed by atoms with Crippen LogP contribution < -0.4 is 10.1 Å². The summed E-state index contributed by atoms with van der Waals surface area (Å²) in [5.41, 5.74) is 4.26. The van der Waals surface area contributed by atoms with Crippen LogP contribution in [0.2, 0.25) is 0 Å². The van der Waals surface area contributed by atoms with Crippen molar-refractivity contribution in [3.8, 4) is 5.75 Å². The van der Waals surface area contributed by atoms with Crippen LogP contribution in [-0.2, 0) is 32.6 Å². The molecule has 5 nitrogen and oxygen atoms in total. The number of nitrogens with one attached hydrogen (secondary N) is 1. The van der Waals surface area contributed by atoms with Crippen LogP contribution in [0.25, 0.3) is 0 Å². The number of rotatable bonds is 9. The molecule has 0 heterocycles. The molecule has 0 unspecified atom stereocenters. The number of benzene rings is 2. The first-order valence-corrected chi connectivity index (χ1v) is 10.5. The molecule has 0 radical (unpaired) electrons. The van der Waals surface area contributed by atoms with Crippen molar-refractivity contribution >= 4 is 17.6 Å². The summed E-state index contributed by atoms with van der Waals surface area (Å²) in [6.07, 6.45) is 1.72. The molecule has 0 bridgehead atoms. The Morgan fingerprint density at radius 3 is 2.07 bits per heavy atom. The Hall–Kier alpha value is -2.82. The molecule has 1 N–H and O–H groups in total. The number of anilines is 1. The van der Waals surface area contributed by atoms with Gasteiger partial charge in [-0.25, -0.2) is 0 Å². The molecule has 0 aliphatic carbocycles. The molecule has 1 amide bonds. The SMILES string of the molecule is CCc1cccc(CC)c1NC(=O)COC(=O)CCOc1ccc(C(C)(C)C)cc1. The minimum atomic E-state index is -0.462. The van der Waals surface area contributed by atoms with Gasteiger partial charge in [0.05, 0.1) is 13.0 Å². The van der Waals surface area contributed by atoms with Crippen LogP contribution >= 0.6 is 0 Å². The molecule has 0 aromatic heterocycles. The Balaban J connectivity index is 1.76. The maximum absolute atomic E-state index is 12.2. The number of amides is 1. The van der Waals surface area contributed by atoms with Gasteiger partial charge in [-0.3, -0.25) is 9.59 Å². The molecule has 30 heavy (non-hydrogen) atoms. The van der Waals surface area contributed by atoms with Crippen molar-refractivity contribution < 1.29 is 19.1 Å². The van der Waals surface area contributed by atoms with E-state index in [9.17, 15) is 9.59 Å². The van der Waals surface area contributed by atoms with Gasteiger partial charge in [-0.05, 0) is 47.1 Å². The predicted octanol–water partition coefficient (Wildman–Crippen LogP) is 5.06. The molecule has 0 fully saturated rings. The second kappa shape index (κ2) is 10.8. The van der Waals surface area contributed by atoms with Gasteiger partial charge in [0.1, 0.15) is 5.75 Å². The summed E-state index contributed by atoms with van der Waals surface area (Å²) in [4.78, 5) is 24.2. The number of carbonyl (C=O) groups excluding carboxylic acids is 2. The number of carbonyl (C=O) groups is 2. The van der Waals surface area contributed by atoms with E-state index in [1.807, 2.05) is 56.3 Å². The fourth-order valence-electron chi connectivity index (χ4n) is 3.10. The Bertz CT molecular complexity index is 828. The maximum atomic E-state index is 12.2. The Kier molecular flexibility index (Phi) is 8.46. The van der Waals surface area contributed by atoms with E-state index < -0.39 is 5.97 Å². The van der Waals surface area contributed by atoms with E-state index in [1.165, 1.54) is 5.56 Å². The number of esters is 1. The van der Waals surface area contributed by atoms with E-state index in [0.717, 1.165) is 29.7 Å². The largest absolute Gasteiger partial charge is 0.493 e. The van der Waals surface area contributed by atoms with Crippen molar-refractivity contribution in [2.24, 2.45) is 0 Å². The normalized spacial score (nSPS) is 11.1. The quantitative estimate of drug-likeness (QED) is 0.586. The molecule has 0 saturated carbocycles. The predicted molar refractivity (Wildman–Crippen MR) is 120 cm³/mol. The van der Waals surface area contributed by atoms with Crippen molar-refractivity contribution in [3.63, 3.8) is 0 Å². The van der Waals surface area contributed by atoms with Crippen LogP contribution in [-0.4, -0.2) is 25.1 Å². The zero-order chi connectivity index (χ0) is 22.1. The van der Waals surface area contributed by atoms with E-state index in [1.54, 1.807) is 0 Å². The lowest BCUT2D eigenvalue weighted by Gasteiger charge is -2.19. The summed E-state index contributed by atoms with van der Waals surface area (Å²) in [7, 11) is 0. The highest BCUT2D eigenvalue weighted by Gasteiger charge is 2.14. The fourth-order valence-corrected chi connectivity index (χ4v) is 3.10. The molecule has 0 aliphatic rings. The molecular weight excluding hydrogens is 378 g/mol. The minimum absolute atomic E-state index is 0.0818. The molecule has 2 rings (SSSR count). The zero-order valence-corrected chi connectivity index (χ0v) is 18.7. The van der Waals surface area contributed by atoms with Crippen molar-refractivity contribution in [1.29, 1.82) is 0 Å². The average Bonchev–Trinajstić information content (AvgIpc) is 2.72. The van der Waals surface area contributed by atoms with Gasteiger partial charge in [-0.2, -0.15) is 0 Å². The number of hydrogen-bond donors (Lipinski definition) is 1. The van der Waals surface area contributed by atoms with E-state index in [2.05, 4.69) is 26.1 Å². The third-order valence-electron chi connectivity index (χ3n) is 4.92. The topological polar surface area (TPSA) is 64.6 Å². The molecule has 0 aliphatic heterocycles. The summed E-state index contributed by atoms with van der Waals surface area (Å²) in [5, 5.41) is 2.89. The molecule has 2 aromatic rings. The van der Waals surface area contributed by atoms with Gasteiger partial charge >= 0.3 is 5.97 Å². The highest BCUT2D eigenvalue weighted by Crippen LogP contribution is 2.24. The lowest BCUT2D eigenvalue weighted by atomic mass is 9.87. The van der Waals surface area contributed by atoms with Crippen molar-refractivity contribution in [1.82, 2.24) is 0 Å². The Morgan fingerprint density at radius 2 is 1.53 bits per heavy atom. The molecule has 0 saturated heterocycles. The summed E-state index contributed by atoms with van der Waals surface area (Å²) in [5.74, 6) is -0.0922. The van der Waals surface area contributed by atoms with E-state index in [-0.39, 0.29) is 31.0 Å². The second-order valence-corrected chi connectivity index (χ2v) is 8.24. The zero-order valence-electron chi connectivity index (χ0n) is 18.7. The van der Waals surface area contributed by atoms with Crippen LogP contribution in [0.4, 0.5) is 5.69 Å². The van der Waals surface area contributed by atoms with Crippen LogP contribution in [0, 0.1) is 0 Å². The van der Waals surface area contributed by atoms with E-state index in [0.29, 0.717) is 5.75 Å². The highest BCUT2D eigenvalue weighted by molar-refractivity contribution is 5.94. The smallest absolute Gasteiger partial charge is 0.309 e. The Morgan fingerprint density at radius 1 is 0.933 bits per heavy atom. The number of ether oxygens (including phenoxy) is 2.